The summed E-state index contributed by atoms with van der Waals surface area (Å²) in [5.74, 6) is 0.866. The molecule has 0 unspecified atom stereocenters. The normalized spacial score (nSPS) is 10.7. The second-order valence-electron chi connectivity index (χ2n) is 4.04. The zero-order valence-electron chi connectivity index (χ0n) is 10.7. The van der Waals surface area contributed by atoms with Gasteiger partial charge in [-0.2, -0.15) is 0 Å². The molecule has 0 spiro atoms. The lowest BCUT2D eigenvalue weighted by Gasteiger charge is -2.11. The van der Waals surface area contributed by atoms with E-state index in [1.165, 1.54) is 0 Å². The molecule has 0 bridgehead atoms. The molecule has 0 atom stereocenters. The van der Waals surface area contributed by atoms with E-state index in [9.17, 15) is 0 Å². The largest absolute Gasteiger partial charge is 0.495 e. The minimum Gasteiger partial charge on any atom is -0.495 e. The van der Waals surface area contributed by atoms with Crippen LogP contribution in [0.3, 0.4) is 0 Å². The predicted molar refractivity (Wildman–Crippen MR) is 85.8 cm³/mol. The fraction of sp³-hybridized carbons (Fsp3) is 0.308. The maximum Gasteiger partial charge on any atom is 0.137 e. The van der Waals surface area contributed by atoms with Gasteiger partial charge in [-0.1, -0.05) is 15.9 Å². The number of benzene rings is 1. The number of hydrogen-bond acceptors (Lipinski definition) is 4. The topological polar surface area (TPSA) is 34.1 Å². The van der Waals surface area contributed by atoms with Gasteiger partial charge in [0.25, 0.3) is 0 Å². The van der Waals surface area contributed by atoms with Crippen LogP contribution in [0, 0.1) is 6.92 Å². The highest BCUT2D eigenvalue weighted by Gasteiger charge is 2.09. The molecular weight excluding hydrogens is 392 g/mol. The minimum atomic E-state index is 0.734. The number of ether oxygens (including phenoxy) is 1. The molecule has 3 nitrogen and oxygen atoms in total. The second kappa shape index (κ2) is 6.83. The van der Waals surface area contributed by atoms with Crippen LogP contribution in [0.5, 0.6) is 5.75 Å². The van der Waals surface area contributed by atoms with Crippen molar-refractivity contribution < 1.29 is 4.74 Å². The molecule has 0 aliphatic heterocycles. The van der Waals surface area contributed by atoms with Crippen molar-refractivity contribution in [3.8, 4) is 5.75 Å². The number of methoxy groups -OCH3 is 1. The molecule has 0 saturated heterocycles. The lowest BCUT2D eigenvalue weighted by Crippen LogP contribution is -2.13. The average molecular weight is 406 g/mol. The minimum absolute atomic E-state index is 0.734. The van der Waals surface area contributed by atoms with E-state index in [2.05, 4.69) is 53.6 Å². The molecule has 1 aromatic carbocycles. The smallest absolute Gasteiger partial charge is 0.137 e. The highest BCUT2D eigenvalue weighted by molar-refractivity contribution is 9.11. The first-order chi connectivity index (χ1) is 9.10. The fourth-order valence-corrected chi connectivity index (χ4v) is 3.88. The van der Waals surface area contributed by atoms with Crippen molar-refractivity contribution in [1.29, 1.82) is 0 Å². The molecule has 0 saturated carbocycles. The zero-order valence-corrected chi connectivity index (χ0v) is 14.7. The molecule has 2 aromatic rings. The Morgan fingerprint density at radius 3 is 2.74 bits per heavy atom. The number of nitrogens with zero attached hydrogens (tertiary/aromatic N) is 1. The maximum absolute atomic E-state index is 5.42. The van der Waals surface area contributed by atoms with Gasteiger partial charge in [0.1, 0.15) is 5.75 Å². The Morgan fingerprint density at radius 1 is 1.32 bits per heavy atom. The van der Waals surface area contributed by atoms with Crippen molar-refractivity contribution >= 4 is 43.2 Å². The number of aromatic nitrogens is 1. The first-order valence-corrected chi connectivity index (χ1v) is 8.20. The van der Waals surface area contributed by atoms with Crippen LogP contribution >= 0.6 is 43.2 Å². The Kier molecular flexibility index (Phi) is 5.38. The summed E-state index contributed by atoms with van der Waals surface area (Å²) in [6.07, 6.45) is 0. The predicted octanol–water partition coefficient (Wildman–Crippen LogP) is 4.27. The summed E-state index contributed by atoms with van der Waals surface area (Å²) in [4.78, 5) is 4.43. The number of hydrogen-bond donors (Lipinski definition) is 1. The van der Waals surface area contributed by atoms with E-state index in [-0.39, 0.29) is 0 Å². The molecule has 6 heteroatoms. The van der Waals surface area contributed by atoms with Crippen LogP contribution in [-0.2, 0) is 13.1 Å². The van der Waals surface area contributed by atoms with Crippen molar-refractivity contribution in [2.75, 3.05) is 7.11 Å². The van der Waals surface area contributed by atoms with Crippen molar-refractivity contribution in [2.45, 2.75) is 20.0 Å². The van der Waals surface area contributed by atoms with Gasteiger partial charge in [0.2, 0.25) is 0 Å². The van der Waals surface area contributed by atoms with Crippen LogP contribution in [0.1, 0.15) is 16.3 Å². The molecular formula is C13H14Br2N2OS. The fourth-order valence-electron chi connectivity index (χ4n) is 1.79. The van der Waals surface area contributed by atoms with E-state index < -0.39 is 0 Å². The first-order valence-electron chi connectivity index (χ1n) is 5.73. The van der Waals surface area contributed by atoms with Crippen LogP contribution in [0.15, 0.2) is 26.5 Å². The van der Waals surface area contributed by atoms with Gasteiger partial charge in [0.15, 0.2) is 0 Å². The van der Waals surface area contributed by atoms with Crippen molar-refractivity contribution in [2.24, 2.45) is 0 Å². The van der Waals surface area contributed by atoms with Crippen LogP contribution in [0.25, 0.3) is 0 Å². The molecule has 0 aliphatic rings. The highest BCUT2D eigenvalue weighted by Crippen LogP contribution is 2.32. The van der Waals surface area contributed by atoms with Gasteiger partial charge in [-0.3, -0.25) is 0 Å². The van der Waals surface area contributed by atoms with Gasteiger partial charge in [0, 0.05) is 28.5 Å². The summed E-state index contributed by atoms with van der Waals surface area (Å²) in [6, 6.07) is 4.04. The zero-order chi connectivity index (χ0) is 13.8. The Hall–Kier alpha value is -0.430. The van der Waals surface area contributed by atoms with Crippen LogP contribution in [0.2, 0.25) is 0 Å². The molecule has 0 radical (unpaired) electrons. The van der Waals surface area contributed by atoms with Gasteiger partial charge in [-0.05, 0) is 35.0 Å². The lowest BCUT2D eigenvalue weighted by molar-refractivity contribution is 0.405. The molecule has 1 aromatic heterocycles. The SMILES string of the molecule is COc1c(Br)cc(Br)cc1CNCc1csc(C)n1. The Balaban J connectivity index is 2.02. The van der Waals surface area contributed by atoms with Gasteiger partial charge in [0.05, 0.1) is 22.3 Å². The van der Waals surface area contributed by atoms with Crippen LogP contribution in [-0.4, -0.2) is 12.1 Å². The molecule has 0 fully saturated rings. The summed E-state index contributed by atoms with van der Waals surface area (Å²) < 4.78 is 7.40. The van der Waals surface area contributed by atoms with E-state index in [4.69, 9.17) is 4.74 Å². The number of rotatable bonds is 5. The number of thiazole rings is 1. The van der Waals surface area contributed by atoms with E-state index in [0.717, 1.165) is 44.0 Å². The van der Waals surface area contributed by atoms with Crippen LogP contribution in [0.4, 0.5) is 0 Å². The molecule has 1 heterocycles. The van der Waals surface area contributed by atoms with E-state index in [1.807, 2.05) is 13.0 Å². The lowest BCUT2D eigenvalue weighted by atomic mass is 10.2. The van der Waals surface area contributed by atoms with Crippen molar-refractivity contribution in [3.63, 3.8) is 0 Å². The van der Waals surface area contributed by atoms with Crippen molar-refractivity contribution in [3.05, 3.63) is 42.7 Å². The number of aryl methyl sites for hydroxylation is 1. The summed E-state index contributed by atoms with van der Waals surface area (Å²) in [5.41, 5.74) is 2.19. The summed E-state index contributed by atoms with van der Waals surface area (Å²) in [7, 11) is 1.68. The number of nitrogens with one attached hydrogen (secondary N) is 1. The Labute approximate surface area is 133 Å². The Morgan fingerprint density at radius 2 is 2.11 bits per heavy atom. The van der Waals surface area contributed by atoms with Crippen molar-refractivity contribution in [1.82, 2.24) is 10.3 Å². The standard InChI is InChI=1S/C13H14Br2N2OS/c1-8-17-11(7-19-8)6-16-5-9-3-10(14)4-12(15)13(9)18-2/h3-4,7,16H,5-6H2,1-2H3. The second-order valence-corrected chi connectivity index (χ2v) is 6.87. The first kappa shape index (κ1) is 15.0. The third-order valence-electron chi connectivity index (χ3n) is 2.58. The van der Waals surface area contributed by atoms with Crippen LogP contribution < -0.4 is 10.1 Å². The summed E-state index contributed by atoms with van der Waals surface area (Å²) >= 11 is 8.67. The molecule has 102 valence electrons. The van der Waals surface area contributed by atoms with E-state index in [0.29, 0.717) is 0 Å². The summed E-state index contributed by atoms with van der Waals surface area (Å²) in [6.45, 7) is 3.51. The highest BCUT2D eigenvalue weighted by atomic mass is 79.9. The Bertz CT molecular complexity index is 572. The molecule has 0 aliphatic carbocycles. The monoisotopic (exact) mass is 404 g/mol. The number of halogens is 2. The van der Waals surface area contributed by atoms with E-state index in [1.54, 1.807) is 18.4 Å². The van der Waals surface area contributed by atoms with E-state index >= 15 is 0 Å². The summed E-state index contributed by atoms with van der Waals surface area (Å²) in [5, 5.41) is 6.56. The molecule has 2 rings (SSSR count). The molecule has 19 heavy (non-hydrogen) atoms. The average Bonchev–Trinajstić information content (AvgIpc) is 2.74. The molecule has 1 N–H and O–H groups in total. The quantitative estimate of drug-likeness (QED) is 0.806. The van der Waals surface area contributed by atoms with Gasteiger partial charge < -0.3 is 10.1 Å². The van der Waals surface area contributed by atoms with Gasteiger partial charge in [-0.25, -0.2) is 4.98 Å². The van der Waals surface area contributed by atoms with Gasteiger partial charge in [-0.15, -0.1) is 11.3 Å². The third-order valence-corrected chi connectivity index (χ3v) is 4.45. The third kappa shape index (κ3) is 4.02. The van der Waals surface area contributed by atoms with Gasteiger partial charge >= 0.3 is 0 Å². The maximum atomic E-state index is 5.42. The molecule has 0 amide bonds.